The molecule has 0 spiro atoms. The minimum Gasteiger partial charge on any atom is -0.463 e. The van der Waals surface area contributed by atoms with Gasteiger partial charge in [-0.15, -0.1) is 11.3 Å². The van der Waals surface area contributed by atoms with Gasteiger partial charge in [-0.05, 0) is 32.2 Å². The first kappa shape index (κ1) is 14.6. The molecule has 108 valence electrons. The molecule has 0 N–H and O–H groups in total. The monoisotopic (exact) mass is 295 g/mol. The van der Waals surface area contributed by atoms with Crippen LogP contribution in [0.4, 0.5) is 10.5 Å². The van der Waals surface area contributed by atoms with Crippen LogP contribution in [0.2, 0.25) is 0 Å². The number of rotatable bonds is 3. The van der Waals surface area contributed by atoms with Crippen LogP contribution in [0.5, 0.6) is 0 Å². The Bertz CT molecular complexity index is 547. The Kier molecular flexibility index (Phi) is 4.44. The van der Waals surface area contributed by atoms with Crippen LogP contribution < -0.4 is 4.90 Å². The van der Waals surface area contributed by atoms with E-state index >= 15 is 0 Å². The molecule has 1 aliphatic rings. The maximum Gasteiger partial charge on any atom is 0.418 e. The zero-order valence-corrected chi connectivity index (χ0v) is 12.5. The van der Waals surface area contributed by atoms with Crippen LogP contribution in [-0.2, 0) is 20.7 Å². The molecule has 1 aromatic heterocycles. The van der Waals surface area contributed by atoms with Crippen LogP contribution in [-0.4, -0.2) is 24.8 Å². The number of thiophene rings is 1. The lowest BCUT2D eigenvalue weighted by molar-refractivity contribution is -0.138. The fraction of sp³-hybridized carbons (Fsp3) is 0.429. The number of fused-ring (bicyclic) bond motifs is 1. The number of nitrogens with zero attached hydrogens (tertiary/aromatic N) is 1. The van der Waals surface area contributed by atoms with E-state index in [9.17, 15) is 9.59 Å². The van der Waals surface area contributed by atoms with Crippen LogP contribution in [0.3, 0.4) is 0 Å². The molecule has 0 atom stereocenters. The van der Waals surface area contributed by atoms with Gasteiger partial charge in [-0.1, -0.05) is 0 Å². The molecule has 1 aromatic rings. The molecule has 5 nitrogen and oxygen atoms in total. The second-order valence-corrected chi connectivity index (χ2v) is 5.58. The van der Waals surface area contributed by atoms with E-state index in [4.69, 9.17) is 9.47 Å². The van der Waals surface area contributed by atoms with E-state index in [2.05, 4.69) is 0 Å². The van der Waals surface area contributed by atoms with Crippen LogP contribution >= 0.6 is 11.3 Å². The van der Waals surface area contributed by atoms with Crippen molar-refractivity contribution in [2.24, 2.45) is 0 Å². The minimum atomic E-state index is -0.485. The highest BCUT2D eigenvalue weighted by molar-refractivity contribution is 7.10. The van der Waals surface area contributed by atoms with Gasteiger partial charge in [-0.2, -0.15) is 0 Å². The molecule has 1 aliphatic heterocycles. The fourth-order valence-electron chi connectivity index (χ4n) is 1.88. The Morgan fingerprint density at radius 3 is 2.85 bits per heavy atom. The van der Waals surface area contributed by atoms with E-state index in [0.717, 1.165) is 10.6 Å². The number of hydrogen-bond acceptors (Lipinski definition) is 5. The zero-order chi connectivity index (χ0) is 14.7. The third-order valence-electron chi connectivity index (χ3n) is 2.69. The predicted molar refractivity (Wildman–Crippen MR) is 76.8 cm³/mol. The number of amides is 1. The molecular formula is C14H17NO4S. The summed E-state index contributed by atoms with van der Waals surface area (Å²) in [4.78, 5) is 26.3. The quantitative estimate of drug-likeness (QED) is 0.804. The van der Waals surface area contributed by atoms with Gasteiger partial charge in [0.15, 0.2) is 0 Å². The normalized spacial score (nSPS) is 13.8. The fourth-order valence-corrected chi connectivity index (χ4v) is 2.77. The number of hydrogen-bond donors (Lipinski definition) is 0. The average Bonchev–Trinajstić information content (AvgIpc) is 2.84. The summed E-state index contributed by atoms with van der Waals surface area (Å²) in [7, 11) is 0. The standard InChI is InChI=1S/C14H17NO4S/c1-4-18-13(16)10-7-12-11(5-6-20-12)15(8-10)14(17)19-9(2)3/h5-6,8-9H,4,7H2,1-3H3. The van der Waals surface area contributed by atoms with E-state index < -0.39 is 12.1 Å². The predicted octanol–water partition coefficient (Wildman–Crippen LogP) is 3.10. The first-order valence-electron chi connectivity index (χ1n) is 6.47. The van der Waals surface area contributed by atoms with Crippen molar-refractivity contribution in [1.29, 1.82) is 0 Å². The highest BCUT2D eigenvalue weighted by atomic mass is 32.1. The summed E-state index contributed by atoms with van der Waals surface area (Å²) in [5, 5.41) is 1.89. The average molecular weight is 295 g/mol. The number of carbonyl (C=O) groups is 2. The number of ether oxygens (including phenoxy) is 2. The molecule has 0 saturated heterocycles. The van der Waals surface area contributed by atoms with Gasteiger partial charge in [0, 0.05) is 17.5 Å². The summed E-state index contributed by atoms with van der Waals surface area (Å²) < 4.78 is 10.2. The van der Waals surface area contributed by atoms with Crippen molar-refractivity contribution < 1.29 is 19.1 Å². The summed E-state index contributed by atoms with van der Waals surface area (Å²) in [6.07, 6.45) is 1.29. The van der Waals surface area contributed by atoms with Crippen molar-refractivity contribution in [3.05, 3.63) is 28.1 Å². The largest absolute Gasteiger partial charge is 0.463 e. The smallest absolute Gasteiger partial charge is 0.418 e. The maximum absolute atomic E-state index is 12.1. The van der Waals surface area contributed by atoms with E-state index in [1.54, 1.807) is 20.8 Å². The molecule has 0 aliphatic carbocycles. The molecule has 20 heavy (non-hydrogen) atoms. The van der Waals surface area contributed by atoms with Crippen molar-refractivity contribution >= 4 is 29.1 Å². The molecular weight excluding hydrogens is 278 g/mol. The summed E-state index contributed by atoms with van der Waals surface area (Å²) >= 11 is 1.51. The van der Waals surface area contributed by atoms with Crippen LogP contribution in [0.25, 0.3) is 0 Å². The van der Waals surface area contributed by atoms with E-state index in [-0.39, 0.29) is 6.10 Å². The third-order valence-corrected chi connectivity index (χ3v) is 3.60. The first-order valence-corrected chi connectivity index (χ1v) is 7.35. The summed E-state index contributed by atoms with van der Waals surface area (Å²) in [6, 6.07) is 1.85. The Balaban J connectivity index is 2.28. The Hall–Kier alpha value is -1.82. The van der Waals surface area contributed by atoms with Crippen molar-refractivity contribution in [1.82, 2.24) is 0 Å². The second kappa shape index (κ2) is 6.09. The Labute approximate surface area is 121 Å². The first-order chi connectivity index (χ1) is 9.52. The second-order valence-electron chi connectivity index (χ2n) is 4.58. The molecule has 2 rings (SSSR count). The third kappa shape index (κ3) is 3.01. The maximum atomic E-state index is 12.1. The zero-order valence-electron chi connectivity index (χ0n) is 11.7. The van der Waals surface area contributed by atoms with E-state index in [0.29, 0.717) is 18.6 Å². The SMILES string of the molecule is CCOC(=O)C1=CN(C(=O)OC(C)C)c2ccsc2C1. The van der Waals surface area contributed by atoms with Crippen LogP contribution in [0.1, 0.15) is 25.6 Å². The number of esters is 1. The van der Waals surface area contributed by atoms with E-state index in [1.807, 2.05) is 11.4 Å². The highest BCUT2D eigenvalue weighted by Crippen LogP contribution is 2.34. The van der Waals surface area contributed by atoms with Crippen LogP contribution in [0.15, 0.2) is 23.2 Å². The summed E-state index contributed by atoms with van der Waals surface area (Å²) in [5.74, 6) is -0.395. The van der Waals surface area contributed by atoms with Gasteiger partial charge in [-0.25, -0.2) is 9.59 Å². The van der Waals surface area contributed by atoms with Crippen LogP contribution in [0, 0.1) is 0 Å². The lowest BCUT2D eigenvalue weighted by Gasteiger charge is -2.24. The van der Waals surface area contributed by atoms with E-state index in [1.165, 1.54) is 22.4 Å². The van der Waals surface area contributed by atoms with Crippen molar-refractivity contribution in [2.45, 2.75) is 33.3 Å². The molecule has 0 bridgehead atoms. The minimum absolute atomic E-state index is 0.217. The Morgan fingerprint density at radius 1 is 1.45 bits per heavy atom. The lowest BCUT2D eigenvalue weighted by Crippen LogP contribution is -2.32. The van der Waals surface area contributed by atoms with Gasteiger partial charge >= 0.3 is 12.1 Å². The molecule has 0 fully saturated rings. The van der Waals surface area contributed by atoms with Crippen molar-refractivity contribution in [2.75, 3.05) is 11.5 Å². The van der Waals surface area contributed by atoms with Gasteiger partial charge in [0.1, 0.15) is 0 Å². The molecule has 2 heterocycles. The van der Waals surface area contributed by atoms with Crippen molar-refractivity contribution in [3.8, 4) is 0 Å². The summed E-state index contributed by atoms with van der Waals surface area (Å²) in [6.45, 7) is 5.63. The number of carbonyl (C=O) groups excluding carboxylic acids is 2. The van der Waals surface area contributed by atoms with Crippen molar-refractivity contribution in [3.63, 3.8) is 0 Å². The van der Waals surface area contributed by atoms with Gasteiger partial charge in [-0.3, -0.25) is 4.90 Å². The molecule has 0 radical (unpaired) electrons. The molecule has 6 heteroatoms. The van der Waals surface area contributed by atoms with Gasteiger partial charge in [0.05, 0.1) is 24.0 Å². The number of anilines is 1. The highest BCUT2D eigenvalue weighted by Gasteiger charge is 2.28. The molecule has 0 aromatic carbocycles. The van der Waals surface area contributed by atoms with Gasteiger partial charge in [0.25, 0.3) is 0 Å². The summed E-state index contributed by atoms with van der Waals surface area (Å²) in [5.41, 5.74) is 1.23. The topological polar surface area (TPSA) is 55.8 Å². The molecule has 1 amide bonds. The molecule has 0 unspecified atom stereocenters. The van der Waals surface area contributed by atoms with Gasteiger partial charge < -0.3 is 9.47 Å². The molecule has 0 saturated carbocycles. The Morgan fingerprint density at radius 2 is 2.20 bits per heavy atom. The lowest BCUT2D eigenvalue weighted by atomic mass is 10.1. The van der Waals surface area contributed by atoms with Gasteiger partial charge in [0.2, 0.25) is 0 Å².